The average Bonchev–Trinajstić information content (AvgIpc) is 3.06. The number of nitrogens with zero attached hydrogens (tertiary/aromatic N) is 2. The van der Waals surface area contributed by atoms with Crippen LogP contribution in [0.15, 0.2) is 34.4 Å². The van der Waals surface area contributed by atoms with Crippen molar-refractivity contribution < 1.29 is 8.42 Å². The van der Waals surface area contributed by atoms with Gasteiger partial charge in [0.1, 0.15) is 0 Å². The molecule has 0 amide bonds. The van der Waals surface area contributed by atoms with E-state index >= 15 is 0 Å². The van der Waals surface area contributed by atoms with Crippen molar-refractivity contribution >= 4 is 33.4 Å². The van der Waals surface area contributed by atoms with E-state index in [0.717, 1.165) is 29.8 Å². The summed E-state index contributed by atoms with van der Waals surface area (Å²) >= 11 is 7.59. The van der Waals surface area contributed by atoms with Gasteiger partial charge in [0.15, 0.2) is 15.3 Å². The van der Waals surface area contributed by atoms with Gasteiger partial charge < -0.3 is 4.57 Å². The number of sulfonamides is 1. The summed E-state index contributed by atoms with van der Waals surface area (Å²) in [5.74, 6) is 0.812. The van der Waals surface area contributed by atoms with Crippen LogP contribution in [0.5, 0.6) is 0 Å². The van der Waals surface area contributed by atoms with Crippen molar-refractivity contribution in [3.05, 3.63) is 40.5 Å². The maximum absolute atomic E-state index is 12.8. The molecule has 0 radical (unpaired) electrons. The predicted octanol–water partition coefficient (Wildman–Crippen LogP) is 1.76. The summed E-state index contributed by atoms with van der Waals surface area (Å²) in [4.78, 5) is 4.15. The molecular weight excluding hydrogens is 356 g/mol. The van der Waals surface area contributed by atoms with Crippen LogP contribution in [0.25, 0.3) is 0 Å². The van der Waals surface area contributed by atoms with Gasteiger partial charge in [-0.25, -0.2) is 13.4 Å². The molecule has 2 aromatic rings. The number of nitrogens with one attached hydrogen (secondary N) is 2. The largest absolute Gasteiger partial charge is 0.307 e. The van der Waals surface area contributed by atoms with Crippen LogP contribution in [-0.4, -0.2) is 30.3 Å². The smallest absolute Gasteiger partial charge is 0.261 e. The third kappa shape index (κ3) is 2.68. The molecule has 1 unspecified atom stereocenters. The molecule has 1 aromatic carbocycles. The molecule has 122 valence electrons. The van der Waals surface area contributed by atoms with Gasteiger partial charge in [-0.1, -0.05) is 47.6 Å². The van der Waals surface area contributed by atoms with Gasteiger partial charge in [-0.2, -0.15) is 4.72 Å². The summed E-state index contributed by atoms with van der Waals surface area (Å²) in [5, 5.41) is 3.96. The number of aromatic nitrogens is 2. The number of benzene rings is 1. The molecule has 1 atom stereocenters. The average molecular weight is 371 g/mol. The molecule has 2 aliphatic rings. The second-order valence-electron chi connectivity index (χ2n) is 5.45. The lowest BCUT2D eigenvalue weighted by Crippen LogP contribution is -2.42. The Balaban J connectivity index is 1.70. The van der Waals surface area contributed by atoms with Crippen LogP contribution in [-0.2, 0) is 23.0 Å². The molecule has 23 heavy (non-hydrogen) atoms. The van der Waals surface area contributed by atoms with E-state index in [1.807, 2.05) is 24.3 Å². The lowest BCUT2D eigenvalue weighted by Gasteiger charge is -2.27. The Morgan fingerprint density at radius 3 is 3.09 bits per heavy atom. The Kier molecular flexibility index (Phi) is 3.89. The number of fused-ring (bicyclic) bond motifs is 2. The minimum absolute atomic E-state index is 0.0313. The van der Waals surface area contributed by atoms with Crippen LogP contribution < -0.4 is 10.0 Å². The first-order chi connectivity index (χ1) is 11.1. The fourth-order valence-corrected chi connectivity index (χ4v) is 5.92. The highest BCUT2D eigenvalue weighted by Gasteiger charge is 2.33. The van der Waals surface area contributed by atoms with Crippen LogP contribution in [0.1, 0.15) is 17.3 Å². The van der Waals surface area contributed by atoms with Crippen molar-refractivity contribution in [3.8, 4) is 0 Å². The molecule has 4 rings (SSSR count). The van der Waals surface area contributed by atoms with Crippen LogP contribution in [0.3, 0.4) is 0 Å². The highest BCUT2D eigenvalue weighted by molar-refractivity contribution is 7.99. The van der Waals surface area contributed by atoms with Crippen molar-refractivity contribution in [2.75, 3.05) is 12.3 Å². The van der Waals surface area contributed by atoms with E-state index in [1.165, 1.54) is 11.8 Å². The fraction of sp³-hybridized carbons (Fsp3) is 0.357. The van der Waals surface area contributed by atoms with Gasteiger partial charge in [0, 0.05) is 18.8 Å². The van der Waals surface area contributed by atoms with E-state index in [0.29, 0.717) is 11.7 Å². The zero-order valence-corrected chi connectivity index (χ0v) is 14.5. The van der Waals surface area contributed by atoms with E-state index in [-0.39, 0.29) is 10.2 Å². The summed E-state index contributed by atoms with van der Waals surface area (Å²) in [6.45, 7) is 1.32. The molecule has 1 aromatic heterocycles. The van der Waals surface area contributed by atoms with E-state index in [1.54, 1.807) is 4.57 Å². The summed E-state index contributed by atoms with van der Waals surface area (Å²) in [6.07, 6.45) is 0.426. The van der Waals surface area contributed by atoms with Crippen molar-refractivity contribution in [2.45, 2.75) is 29.3 Å². The number of rotatable bonds is 3. The Labute approximate surface area is 143 Å². The van der Waals surface area contributed by atoms with Crippen molar-refractivity contribution in [1.29, 1.82) is 0 Å². The standard InChI is InChI=1S/C14H15ClN4O2S2/c15-11-13(19-7-8-22-14(19)17-11)23(20,21)18-12-10-4-2-1-3-9(10)5-6-16-12/h1-4,12,16,18H,5-8H2. The summed E-state index contributed by atoms with van der Waals surface area (Å²) in [6, 6.07) is 7.84. The molecule has 3 heterocycles. The molecule has 2 aliphatic heterocycles. The first kappa shape index (κ1) is 15.5. The Morgan fingerprint density at radius 1 is 1.39 bits per heavy atom. The number of hydrogen-bond acceptors (Lipinski definition) is 5. The normalized spacial score (nSPS) is 20.3. The lowest BCUT2D eigenvalue weighted by molar-refractivity contribution is 0.466. The quantitative estimate of drug-likeness (QED) is 0.861. The third-order valence-electron chi connectivity index (χ3n) is 4.03. The fourth-order valence-electron chi connectivity index (χ4n) is 3.00. The topological polar surface area (TPSA) is 76.0 Å². The molecular formula is C14H15ClN4O2S2. The lowest BCUT2D eigenvalue weighted by atomic mass is 9.99. The van der Waals surface area contributed by atoms with Gasteiger partial charge in [-0.05, 0) is 17.5 Å². The molecule has 6 nitrogen and oxygen atoms in total. The van der Waals surface area contributed by atoms with Gasteiger partial charge in [0.2, 0.25) is 0 Å². The van der Waals surface area contributed by atoms with Gasteiger partial charge in [0.25, 0.3) is 10.0 Å². The molecule has 0 aliphatic carbocycles. The predicted molar refractivity (Wildman–Crippen MR) is 89.2 cm³/mol. The summed E-state index contributed by atoms with van der Waals surface area (Å²) in [5.41, 5.74) is 2.10. The van der Waals surface area contributed by atoms with Gasteiger partial charge >= 0.3 is 0 Å². The van der Waals surface area contributed by atoms with Crippen LogP contribution in [0, 0.1) is 0 Å². The minimum Gasteiger partial charge on any atom is -0.307 e. The van der Waals surface area contributed by atoms with E-state index < -0.39 is 16.2 Å². The molecule has 0 bridgehead atoms. The maximum atomic E-state index is 12.8. The molecule has 0 saturated heterocycles. The SMILES string of the molecule is O=S(=O)(NC1NCCc2ccccc21)c1c(Cl)nc2n1CCS2. The van der Waals surface area contributed by atoms with Crippen LogP contribution >= 0.6 is 23.4 Å². The highest BCUT2D eigenvalue weighted by Crippen LogP contribution is 2.33. The van der Waals surface area contributed by atoms with E-state index in [2.05, 4.69) is 15.0 Å². The molecule has 9 heteroatoms. The van der Waals surface area contributed by atoms with Crippen molar-refractivity contribution in [2.24, 2.45) is 0 Å². The Bertz CT molecular complexity index is 866. The Morgan fingerprint density at radius 2 is 2.22 bits per heavy atom. The second kappa shape index (κ2) is 5.78. The molecule has 0 saturated carbocycles. The third-order valence-corrected chi connectivity index (χ3v) is 6.83. The number of hydrogen-bond donors (Lipinski definition) is 2. The summed E-state index contributed by atoms with van der Waals surface area (Å²) in [7, 11) is -3.77. The van der Waals surface area contributed by atoms with E-state index in [4.69, 9.17) is 11.6 Å². The zero-order valence-electron chi connectivity index (χ0n) is 12.1. The number of thioether (sulfide) groups is 1. The molecule has 0 fully saturated rings. The first-order valence-corrected chi connectivity index (χ1v) is 10.1. The van der Waals surface area contributed by atoms with Crippen molar-refractivity contribution in [1.82, 2.24) is 19.6 Å². The van der Waals surface area contributed by atoms with Gasteiger partial charge in [-0.3, -0.25) is 5.32 Å². The number of imidazole rings is 1. The highest BCUT2D eigenvalue weighted by atomic mass is 35.5. The first-order valence-electron chi connectivity index (χ1n) is 7.28. The minimum atomic E-state index is -3.77. The second-order valence-corrected chi connectivity index (χ2v) is 8.50. The van der Waals surface area contributed by atoms with Crippen molar-refractivity contribution in [3.63, 3.8) is 0 Å². The van der Waals surface area contributed by atoms with E-state index in [9.17, 15) is 8.42 Å². The van der Waals surface area contributed by atoms with Gasteiger partial charge in [0.05, 0.1) is 6.17 Å². The van der Waals surface area contributed by atoms with Gasteiger partial charge in [-0.15, -0.1) is 0 Å². The summed E-state index contributed by atoms with van der Waals surface area (Å²) < 4.78 is 30.1. The van der Waals surface area contributed by atoms with Crippen LogP contribution in [0.2, 0.25) is 5.15 Å². The monoisotopic (exact) mass is 370 g/mol. The maximum Gasteiger partial charge on any atom is 0.261 e. The number of halogens is 1. The molecule has 0 spiro atoms. The Hall–Kier alpha value is -1.06. The van der Waals surface area contributed by atoms with Crippen LogP contribution in [0.4, 0.5) is 0 Å². The molecule has 2 N–H and O–H groups in total. The zero-order chi connectivity index (χ0) is 16.0.